The number of fused-ring (bicyclic) bond motifs is 4. The summed E-state index contributed by atoms with van der Waals surface area (Å²) in [6, 6.07) is -2.27. The number of benzene rings is 3. The number of nitrogens with zero attached hydrogens (tertiary/aromatic N) is 5. The third-order valence-electron chi connectivity index (χ3n) is 23.3. The molecule has 3 fully saturated rings. The van der Waals surface area contributed by atoms with E-state index in [2.05, 4.69) is 63.1 Å². The van der Waals surface area contributed by atoms with E-state index in [0.717, 1.165) is 31.4 Å². The largest absolute Gasteiger partial charge is 0.508 e. The Morgan fingerprint density at radius 1 is 0.492 bits per heavy atom. The fourth-order valence-corrected chi connectivity index (χ4v) is 16.8. The highest BCUT2D eigenvalue weighted by molar-refractivity contribution is 8.00. The molecule has 3 aromatic carbocycles. The molecule has 3 saturated heterocycles. The van der Waals surface area contributed by atoms with Crippen LogP contribution in [-0.4, -0.2) is 314 Å². The lowest BCUT2D eigenvalue weighted by atomic mass is 9.99. The van der Waals surface area contributed by atoms with Crippen molar-refractivity contribution in [2.24, 2.45) is 34.4 Å². The topological polar surface area (TPSA) is 672 Å². The molecule has 5 heterocycles. The molecule has 0 saturated carbocycles. The van der Waals surface area contributed by atoms with Crippen molar-refractivity contribution in [3.8, 4) is 5.75 Å². The summed E-state index contributed by atoms with van der Waals surface area (Å²) < 4.78 is 0. The highest BCUT2D eigenvalue weighted by atomic mass is 32.2. The lowest BCUT2D eigenvalue weighted by molar-refractivity contribution is -0.149. The Morgan fingerprint density at radius 3 is 1.58 bits per heavy atom. The van der Waals surface area contributed by atoms with Crippen molar-refractivity contribution in [1.82, 2.24) is 87.6 Å². The van der Waals surface area contributed by atoms with Crippen LogP contribution in [-0.2, 0) is 106 Å². The van der Waals surface area contributed by atoms with Gasteiger partial charge in [0.15, 0.2) is 0 Å². The van der Waals surface area contributed by atoms with Gasteiger partial charge in [0.2, 0.25) is 106 Å². The highest BCUT2D eigenvalue weighted by Gasteiger charge is 2.47. The van der Waals surface area contributed by atoms with E-state index in [-0.39, 0.29) is 83.2 Å². The number of primary amides is 3. The number of nitrogens with two attached hydrogens (primary N) is 6. The van der Waals surface area contributed by atoms with E-state index < -0.39 is 254 Å². The monoisotopic (exact) mass is 1830 g/mol. The molecule has 43 nitrogen and oxygen atoms in total. The fourth-order valence-electron chi connectivity index (χ4n) is 15.9. The zero-order chi connectivity index (χ0) is 95.3. The van der Waals surface area contributed by atoms with Crippen LogP contribution in [0.2, 0.25) is 0 Å². The number of aromatic amines is 2. The van der Waals surface area contributed by atoms with E-state index in [1.807, 2.05) is 13.8 Å². The normalized spacial score (nSPS) is 25.2. The fraction of sp³-hybridized carbons (Fsp3) is 0.535. The molecule has 0 radical (unpaired) electrons. The zero-order valence-corrected chi connectivity index (χ0v) is 74.6. The number of carbonyl (C=O) groups is 18. The number of unbranched alkanes of at least 4 members (excludes halogenated alkanes) is 2. The van der Waals surface area contributed by atoms with Gasteiger partial charge in [-0.25, -0.2) is 0 Å². The van der Waals surface area contributed by atoms with Crippen LogP contribution >= 0.6 is 11.8 Å². The van der Waals surface area contributed by atoms with Crippen LogP contribution < -0.4 is 87.6 Å². The number of nitrogens with one attached hydrogen (secondary N) is 12. The highest BCUT2D eigenvalue weighted by Crippen LogP contribution is 2.28. The summed E-state index contributed by atoms with van der Waals surface area (Å²) in [7, 11) is 3.92. The Bertz CT molecular complexity index is 4900. The SMILES string of the molecule is CCCCC1C(=O)N(C)[C@@H](CCCC)C(=O)N[C@@H](CCN)C(=O)NC(C(=O)NCC(N)=O)CSCC(=O)N[C@@H](Cc2ccc(O)cc2)C(=O)N(C)[C@@H](C)C(=O)N[C@@H](CC(N)=O)C(=O)N2CCC[C@H]2C(=O)N[C@@H](CN)C(=O)NC(CCC(N)=O)C(=O)N2C[C@H](O)C[C@H]2C(=O)N[C@@H](Cc2c[nH]c3ccccc23)C(=O)N[C@@H](CCN)C(=O)N[C@@H](Cc2c[nH]c3ccccc23)C(=O)N1C. The number of aliphatic hydroxyl groups is 1. The van der Waals surface area contributed by atoms with Gasteiger partial charge in [-0.3, -0.25) is 86.3 Å². The van der Waals surface area contributed by atoms with Gasteiger partial charge < -0.3 is 132 Å². The summed E-state index contributed by atoms with van der Waals surface area (Å²) in [4.78, 5) is 272. The van der Waals surface area contributed by atoms with Gasteiger partial charge in [-0.15, -0.1) is 11.8 Å². The first-order valence-corrected chi connectivity index (χ1v) is 44.6. The van der Waals surface area contributed by atoms with Crippen LogP contribution in [0.5, 0.6) is 5.75 Å². The molecule has 15 atom stereocenters. The molecule has 130 heavy (non-hydrogen) atoms. The first-order chi connectivity index (χ1) is 61.9. The number of aliphatic hydroxyl groups excluding tert-OH is 1. The van der Waals surface area contributed by atoms with Crippen LogP contribution in [0.15, 0.2) is 85.2 Å². The maximum atomic E-state index is 15.7. The number of carbonyl (C=O) groups excluding carboxylic acids is 18. The number of aromatic hydroxyl groups is 1. The summed E-state index contributed by atoms with van der Waals surface area (Å²) >= 11 is 0.764. The molecule has 0 bridgehead atoms. The van der Waals surface area contributed by atoms with Crippen molar-refractivity contribution in [3.63, 3.8) is 0 Å². The number of likely N-dealkylation sites (N-methyl/N-ethyl adjacent to an activating group) is 3. The van der Waals surface area contributed by atoms with Crippen molar-refractivity contribution in [2.75, 3.05) is 71.9 Å². The minimum atomic E-state index is -1.80. The molecule has 5 aromatic rings. The first kappa shape index (κ1) is 103. The second kappa shape index (κ2) is 49.1. The predicted molar refractivity (Wildman–Crippen MR) is 477 cm³/mol. The molecule has 0 spiro atoms. The standard InChI is InChI=1S/C86H123N23O20S/c1-7-9-20-65-79(122)98-57(30-32-88)76(119)104-64(74(117)95-42-71(92)114)44-130-45-72(115)96-60(34-47-23-25-50(110)26-24-47)82(125)105(4)46(3)73(116)101-62(38-70(91)113)85(128)108-33-15-22-66(108)80(123)103-63(39-89)78(121)99-58(27-28-69(90)112)84(127)109-43-51(111)37-68(109)81(124)100-59(35-48-40-93-54-18-13-11-16-52(48)54)77(120)97-56(29-31-87)75(118)102-61(36-49-41-94-55-19-14-12-17-53(49)55)83(126)107(6)67(21-10-8-2)86(129)106(65)5/h11-14,16-19,23-26,40-41,46,51,56-68,93-94,110-111H,7-10,15,20-22,27-39,42-45,87-89H2,1-6H3,(H2,90,112)(H2,91,113)(H2,92,114)(H,95,117)(H,96,115)(H,97,120)(H,98,122)(H,99,121)(H,100,124)(H,101,116)(H,102,118)(H,103,123)(H,104,119)/t46-,51+,56-,57-,58?,59-,60-,61-,62-,63-,64?,65-,66-,67?,68-/m0/s1. The maximum Gasteiger partial charge on any atom is 0.246 e. The smallest absolute Gasteiger partial charge is 0.246 e. The molecular weight excluding hydrogens is 1710 g/mol. The molecule has 3 aliphatic heterocycles. The number of aromatic nitrogens is 2. The number of H-pyrrole nitrogens is 2. The average Bonchev–Trinajstić information content (AvgIpc) is 1.59. The van der Waals surface area contributed by atoms with Gasteiger partial charge in [-0.1, -0.05) is 88.1 Å². The second-order valence-electron chi connectivity index (χ2n) is 32.8. The Hall–Kier alpha value is -12.8. The third-order valence-corrected chi connectivity index (χ3v) is 24.3. The van der Waals surface area contributed by atoms with Crippen LogP contribution in [0.25, 0.3) is 21.8 Å². The molecular formula is C86H123N23O20S. The molecule has 3 aliphatic rings. The molecule has 3 unspecified atom stereocenters. The van der Waals surface area contributed by atoms with Gasteiger partial charge in [0.05, 0.1) is 24.8 Å². The van der Waals surface area contributed by atoms with Gasteiger partial charge in [0.25, 0.3) is 0 Å². The summed E-state index contributed by atoms with van der Waals surface area (Å²) in [5.74, 6) is -18.4. The second-order valence-corrected chi connectivity index (χ2v) is 33.8. The molecule has 0 aliphatic carbocycles. The minimum Gasteiger partial charge on any atom is -0.508 e. The van der Waals surface area contributed by atoms with E-state index in [1.54, 1.807) is 60.9 Å². The summed E-state index contributed by atoms with van der Waals surface area (Å²) in [5, 5.41) is 48.8. The molecule has 708 valence electrons. The van der Waals surface area contributed by atoms with Crippen molar-refractivity contribution < 1.29 is 96.5 Å². The van der Waals surface area contributed by atoms with Gasteiger partial charge in [0, 0.05) is 113 Å². The molecule has 2 aromatic heterocycles. The number of phenolic OH excluding ortho intramolecular Hbond substituents is 1. The number of hydrogen-bond donors (Lipinski definition) is 20. The maximum absolute atomic E-state index is 15.7. The van der Waals surface area contributed by atoms with Crippen molar-refractivity contribution in [1.29, 1.82) is 0 Å². The molecule has 8 rings (SSSR count). The molecule has 18 amide bonds. The van der Waals surface area contributed by atoms with E-state index >= 15 is 33.6 Å². The van der Waals surface area contributed by atoms with Crippen LogP contribution in [0.4, 0.5) is 0 Å². The summed E-state index contributed by atoms with van der Waals surface area (Å²) in [6.45, 7) is 2.38. The number of phenols is 1. The van der Waals surface area contributed by atoms with Crippen LogP contribution in [0.1, 0.15) is 127 Å². The van der Waals surface area contributed by atoms with Crippen LogP contribution in [0.3, 0.4) is 0 Å². The Labute approximate surface area is 755 Å². The summed E-state index contributed by atoms with van der Waals surface area (Å²) in [5.41, 5.74) is 37.8. The number of thioether (sulfide) groups is 1. The minimum absolute atomic E-state index is 0.00482. The van der Waals surface area contributed by atoms with Crippen molar-refractivity contribution in [2.45, 2.75) is 221 Å². The van der Waals surface area contributed by atoms with E-state index in [0.29, 0.717) is 64.2 Å². The first-order valence-electron chi connectivity index (χ1n) is 43.4. The number of hydrogen-bond acceptors (Lipinski definition) is 24. The van der Waals surface area contributed by atoms with Crippen molar-refractivity contribution in [3.05, 3.63) is 102 Å². The Morgan fingerprint density at radius 2 is 0.992 bits per heavy atom. The lowest BCUT2D eigenvalue weighted by Crippen LogP contribution is -2.61. The average molecular weight is 1830 g/mol. The van der Waals surface area contributed by atoms with Gasteiger partial charge in [0.1, 0.15) is 90.3 Å². The van der Waals surface area contributed by atoms with Crippen LogP contribution in [0, 0.1) is 0 Å². The van der Waals surface area contributed by atoms with Gasteiger partial charge in [-0.05, 0) is 106 Å². The Balaban J connectivity index is 1.18. The molecule has 44 heteroatoms. The molecule has 26 N–H and O–H groups in total. The van der Waals surface area contributed by atoms with Crippen molar-refractivity contribution >= 4 is 140 Å². The zero-order valence-electron chi connectivity index (χ0n) is 73.8. The number of rotatable bonds is 25. The Kier molecular flexibility index (Phi) is 38.7. The van der Waals surface area contributed by atoms with E-state index in [9.17, 15) is 63.0 Å². The number of para-hydroxylation sites is 2. The predicted octanol–water partition coefficient (Wildman–Crippen LogP) is -5.27. The number of amides is 18. The quantitative estimate of drug-likeness (QED) is 0.0260. The van der Waals surface area contributed by atoms with E-state index in [1.165, 1.54) is 57.2 Å². The lowest BCUT2D eigenvalue weighted by Gasteiger charge is -2.36. The van der Waals surface area contributed by atoms with E-state index in [4.69, 9.17) is 34.4 Å². The third kappa shape index (κ3) is 28.1. The van der Waals surface area contributed by atoms with Gasteiger partial charge >= 0.3 is 0 Å². The summed E-state index contributed by atoms with van der Waals surface area (Å²) in [6.07, 6.45) is -0.0758. The van der Waals surface area contributed by atoms with Gasteiger partial charge in [-0.2, -0.15) is 0 Å².